The molecule has 1 unspecified atom stereocenters. The van der Waals surface area contributed by atoms with E-state index in [4.69, 9.17) is 5.11 Å². The predicted octanol–water partition coefficient (Wildman–Crippen LogP) is 3.58. The van der Waals surface area contributed by atoms with Gasteiger partial charge in [-0.05, 0) is 24.3 Å². The van der Waals surface area contributed by atoms with Crippen LogP contribution in [-0.4, -0.2) is 22.7 Å². The fraction of sp³-hybridized carbons (Fsp3) is 0.444. The highest BCUT2D eigenvalue weighted by molar-refractivity contribution is 7.09. The van der Waals surface area contributed by atoms with Crippen molar-refractivity contribution in [3.63, 3.8) is 0 Å². The molecule has 2 aromatic rings. The zero-order chi connectivity index (χ0) is 17.4. The Kier molecular flexibility index (Phi) is 7.21. The average molecular weight is 347 g/mol. The number of nitrogens with one attached hydrogen (secondary N) is 2. The smallest absolute Gasteiger partial charge is 0.315 e. The van der Waals surface area contributed by atoms with Crippen LogP contribution < -0.4 is 10.6 Å². The Balaban J connectivity index is 1.89. The highest BCUT2D eigenvalue weighted by Crippen LogP contribution is 2.19. The van der Waals surface area contributed by atoms with Gasteiger partial charge in [0.1, 0.15) is 5.01 Å². The van der Waals surface area contributed by atoms with Crippen molar-refractivity contribution in [2.24, 2.45) is 0 Å². The normalized spacial score (nSPS) is 12.2. The number of carbonyl (C=O) groups is 1. The maximum atomic E-state index is 12.2. The Hall–Kier alpha value is -1.92. The number of thiazole rings is 1. The molecule has 0 saturated heterocycles. The molecule has 0 saturated carbocycles. The van der Waals surface area contributed by atoms with Gasteiger partial charge in [0.15, 0.2) is 0 Å². The summed E-state index contributed by atoms with van der Waals surface area (Å²) >= 11 is 1.56. The molecule has 0 fully saturated rings. The van der Waals surface area contributed by atoms with Crippen molar-refractivity contribution >= 4 is 17.4 Å². The van der Waals surface area contributed by atoms with E-state index in [1.54, 1.807) is 11.3 Å². The van der Waals surface area contributed by atoms with Gasteiger partial charge < -0.3 is 15.7 Å². The number of aliphatic hydroxyl groups is 1. The van der Waals surface area contributed by atoms with E-state index in [1.807, 2.05) is 35.7 Å². The summed E-state index contributed by atoms with van der Waals surface area (Å²) in [5.41, 5.74) is 2.10. The minimum atomic E-state index is -0.219. The van der Waals surface area contributed by atoms with E-state index < -0.39 is 0 Å². The number of amides is 2. The molecule has 0 aliphatic rings. The number of hydrogen-bond acceptors (Lipinski definition) is 4. The molecule has 0 radical (unpaired) electrons. The van der Waals surface area contributed by atoms with Gasteiger partial charge in [0.25, 0.3) is 0 Å². The predicted molar refractivity (Wildman–Crippen MR) is 97.1 cm³/mol. The molecule has 130 valence electrons. The van der Waals surface area contributed by atoms with Crippen LogP contribution in [0.2, 0.25) is 0 Å². The second kappa shape index (κ2) is 9.39. The molecule has 0 bridgehead atoms. The van der Waals surface area contributed by atoms with Crippen LogP contribution >= 0.6 is 11.3 Å². The Morgan fingerprint density at radius 1 is 1.29 bits per heavy atom. The lowest BCUT2D eigenvalue weighted by Crippen LogP contribution is -2.37. The molecule has 1 atom stereocenters. The van der Waals surface area contributed by atoms with Crippen LogP contribution in [0.5, 0.6) is 0 Å². The van der Waals surface area contributed by atoms with Crippen LogP contribution in [-0.2, 0) is 6.54 Å². The molecular weight excluding hydrogens is 322 g/mol. The lowest BCUT2D eigenvalue weighted by molar-refractivity contribution is 0.232. The maximum Gasteiger partial charge on any atom is 0.315 e. The summed E-state index contributed by atoms with van der Waals surface area (Å²) in [6.45, 7) is 4.74. The summed E-state index contributed by atoms with van der Waals surface area (Å²) in [7, 11) is 0. The average Bonchev–Trinajstić information content (AvgIpc) is 3.07. The minimum absolute atomic E-state index is 0.110. The third-order valence-corrected chi connectivity index (χ3v) is 4.59. The quantitative estimate of drug-likeness (QED) is 0.683. The summed E-state index contributed by atoms with van der Waals surface area (Å²) < 4.78 is 0. The molecule has 0 spiro atoms. The van der Waals surface area contributed by atoms with Crippen molar-refractivity contribution in [3.8, 4) is 0 Å². The van der Waals surface area contributed by atoms with Crippen LogP contribution in [0.4, 0.5) is 4.79 Å². The lowest BCUT2D eigenvalue weighted by Gasteiger charge is -2.19. The molecule has 3 N–H and O–H groups in total. The SMILES string of the molecule is CC(C)c1csc(CNC(=O)NC(CCCO)c2ccccc2)n1. The third kappa shape index (κ3) is 5.62. The van der Waals surface area contributed by atoms with Crippen molar-refractivity contribution in [2.75, 3.05) is 6.61 Å². The fourth-order valence-electron chi connectivity index (χ4n) is 2.34. The molecule has 6 heteroatoms. The number of benzene rings is 1. The molecule has 1 aromatic heterocycles. The number of nitrogens with zero attached hydrogens (tertiary/aromatic N) is 1. The van der Waals surface area contributed by atoms with E-state index in [1.165, 1.54) is 0 Å². The van der Waals surface area contributed by atoms with Crippen molar-refractivity contribution < 1.29 is 9.90 Å². The standard InChI is InChI=1S/C18H25N3O2S/c1-13(2)16-12-24-17(20-16)11-19-18(23)21-15(9-6-10-22)14-7-4-3-5-8-14/h3-5,7-8,12-13,15,22H,6,9-11H2,1-2H3,(H2,19,21,23). The van der Waals surface area contributed by atoms with Gasteiger partial charge in [-0.25, -0.2) is 9.78 Å². The van der Waals surface area contributed by atoms with Gasteiger partial charge in [0.2, 0.25) is 0 Å². The minimum Gasteiger partial charge on any atom is -0.396 e. The molecule has 0 aliphatic heterocycles. The van der Waals surface area contributed by atoms with Crippen LogP contribution in [0.3, 0.4) is 0 Å². The van der Waals surface area contributed by atoms with E-state index in [0.29, 0.717) is 25.3 Å². The Morgan fingerprint density at radius 3 is 2.67 bits per heavy atom. The largest absolute Gasteiger partial charge is 0.396 e. The number of rotatable bonds is 8. The number of aliphatic hydroxyl groups excluding tert-OH is 1. The number of urea groups is 1. The van der Waals surface area contributed by atoms with Crippen LogP contribution in [0.1, 0.15) is 54.9 Å². The van der Waals surface area contributed by atoms with Crippen LogP contribution in [0.15, 0.2) is 35.7 Å². The number of aromatic nitrogens is 1. The van der Waals surface area contributed by atoms with Crippen LogP contribution in [0, 0.1) is 0 Å². The molecule has 2 rings (SSSR count). The van der Waals surface area contributed by atoms with Crippen molar-refractivity contribution in [3.05, 3.63) is 52.0 Å². The summed E-state index contributed by atoms with van der Waals surface area (Å²) in [4.78, 5) is 16.7. The maximum absolute atomic E-state index is 12.2. The molecule has 1 aromatic carbocycles. The molecule has 0 aliphatic carbocycles. The van der Waals surface area contributed by atoms with E-state index in [2.05, 4.69) is 29.5 Å². The summed E-state index contributed by atoms with van der Waals surface area (Å²) in [5, 5.41) is 17.8. The second-order valence-corrected chi connectivity index (χ2v) is 6.92. The molecule has 1 heterocycles. The Morgan fingerprint density at radius 2 is 2.04 bits per heavy atom. The Bertz CT molecular complexity index is 628. The molecule has 5 nitrogen and oxygen atoms in total. The highest BCUT2D eigenvalue weighted by atomic mass is 32.1. The first-order valence-corrected chi connectivity index (χ1v) is 9.12. The summed E-state index contributed by atoms with van der Waals surface area (Å²) in [6, 6.07) is 9.48. The van der Waals surface area contributed by atoms with Gasteiger partial charge >= 0.3 is 6.03 Å². The van der Waals surface area contributed by atoms with Crippen molar-refractivity contribution in [1.82, 2.24) is 15.6 Å². The first kappa shape index (κ1) is 18.4. The zero-order valence-corrected chi connectivity index (χ0v) is 15.0. The fourth-order valence-corrected chi connectivity index (χ4v) is 3.23. The van der Waals surface area contributed by atoms with Gasteiger partial charge in [-0.2, -0.15) is 0 Å². The van der Waals surface area contributed by atoms with Crippen molar-refractivity contribution in [2.45, 2.75) is 45.2 Å². The summed E-state index contributed by atoms with van der Waals surface area (Å²) in [6.07, 6.45) is 1.34. The molecule has 24 heavy (non-hydrogen) atoms. The first-order chi connectivity index (χ1) is 11.6. The van der Waals surface area contributed by atoms with Gasteiger partial charge in [-0.1, -0.05) is 44.2 Å². The van der Waals surface area contributed by atoms with Crippen LogP contribution in [0.25, 0.3) is 0 Å². The second-order valence-electron chi connectivity index (χ2n) is 5.98. The molecule has 2 amide bonds. The van der Waals surface area contributed by atoms with E-state index >= 15 is 0 Å². The van der Waals surface area contributed by atoms with Gasteiger partial charge in [0, 0.05) is 12.0 Å². The summed E-state index contributed by atoms with van der Waals surface area (Å²) in [5.74, 6) is 0.393. The van der Waals surface area contributed by atoms with E-state index in [0.717, 1.165) is 16.3 Å². The lowest BCUT2D eigenvalue weighted by atomic mass is 10.0. The Labute approximate surface area is 147 Å². The third-order valence-electron chi connectivity index (χ3n) is 3.72. The topological polar surface area (TPSA) is 74.2 Å². The highest BCUT2D eigenvalue weighted by Gasteiger charge is 2.14. The number of carbonyl (C=O) groups excluding carboxylic acids is 1. The van der Waals surface area contributed by atoms with Gasteiger partial charge in [-0.3, -0.25) is 0 Å². The monoisotopic (exact) mass is 347 g/mol. The van der Waals surface area contributed by atoms with Gasteiger partial charge in [-0.15, -0.1) is 11.3 Å². The zero-order valence-electron chi connectivity index (χ0n) is 14.2. The molecular formula is C18H25N3O2S. The van der Waals surface area contributed by atoms with Gasteiger partial charge in [0.05, 0.1) is 18.3 Å². The number of hydrogen-bond donors (Lipinski definition) is 3. The van der Waals surface area contributed by atoms with E-state index in [-0.39, 0.29) is 18.7 Å². The first-order valence-electron chi connectivity index (χ1n) is 8.24. The van der Waals surface area contributed by atoms with E-state index in [9.17, 15) is 4.79 Å². The van der Waals surface area contributed by atoms with Crippen molar-refractivity contribution in [1.29, 1.82) is 0 Å².